The number of likely N-dealkylation sites (tertiary alicyclic amines) is 1. The van der Waals surface area contributed by atoms with E-state index in [1.54, 1.807) is 15.8 Å². The van der Waals surface area contributed by atoms with Crippen LogP contribution in [0, 0.1) is 0 Å². The molecule has 2 aromatic rings. The zero-order chi connectivity index (χ0) is 19.0. The molecule has 0 radical (unpaired) electrons. The number of amides is 2. The minimum atomic E-state index is -0.171. The molecule has 2 amide bonds. The normalized spacial score (nSPS) is 18.8. The van der Waals surface area contributed by atoms with Crippen molar-refractivity contribution in [1.82, 2.24) is 30.0 Å². The molecule has 0 bridgehead atoms. The third-order valence-electron chi connectivity index (χ3n) is 4.85. The molecule has 0 aliphatic carbocycles. The molecule has 9 heteroatoms. The summed E-state index contributed by atoms with van der Waals surface area (Å²) in [6.07, 6.45) is 6.66. The third-order valence-corrected chi connectivity index (χ3v) is 4.85. The zero-order valence-electron chi connectivity index (χ0n) is 15.1. The fourth-order valence-corrected chi connectivity index (χ4v) is 3.55. The van der Waals surface area contributed by atoms with Gasteiger partial charge >= 0.3 is 0 Å². The van der Waals surface area contributed by atoms with E-state index in [1.807, 2.05) is 13.2 Å². The number of anilines is 1. The van der Waals surface area contributed by atoms with Gasteiger partial charge in [-0.3, -0.25) is 14.3 Å². The van der Waals surface area contributed by atoms with Gasteiger partial charge in [-0.25, -0.2) is 9.97 Å². The van der Waals surface area contributed by atoms with Crippen LogP contribution in [0.2, 0.25) is 0 Å². The van der Waals surface area contributed by atoms with E-state index in [-0.39, 0.29) is 17.9 Å². The molecule has 2 aliphatic rings. The van der Waals surface area contributed by atoms with Crippen LogP contribution in [0.1, 0.15) is 28.9 Å². The van der Waals surface area contributed by atoms with E-state index >= 15 is 0 Å². The first-order valence-corrected chi connectivity index (χ1v) is 8.91. The molecule has 27 heavy (non-hydrogen) atoms. The predicted octanol–water partition coefficient (Wildman–Crippen LogP) is 0.709. The topological polar surface area (TPSA) is 105 Å². The summed E-state index contributed by atoms with van der Waals surface area (Å²) in [5.41, 5.74) is 2.51. The number of aryl methyl sites for hydroxylation is 1. The van der Waals surface area contributed by atoms with Crippen molar-refractivity contribution in [1.29, 1.82) is 0 Å². The smallest absolute Gasteiger partial charge is 0.255 e. The second-order valence-electron chi connectivity index (χ2n) is 6.77. The average molecular weight is 367 g/mol. The van der Waals surface area contributed by atoms with E-state index in [0.717, 1.165) is 24.9 Å². The molecule has 1 fully saturated rings. The lowest BCUT2D eigenvalue weighted by Crippen LogP contribution is -2.44. The van der Waals surface area contributed by atoms with Gasteiger partial charge < -0.3 is 15.5 Å². The standard InChI is InChI=1S/C18H21N7O2/c1-3-14(26)25-6-4-5-12(10-25)21-18-22-13-8-19-17(27)15(13)16(23-18)11-7-20-24(2)9-11/h3,7,9,12H,1,4-6,8,10H2,2H3,(H,19,27)(H,21,22,23). The molecule has 9 nitrogen and oxygen atoms in total. The Morgan fingerprint density at radius 3 is 3.04 bits per heavy atom. The van der Waals surface area contributed by atoms with Crippen LogP contribution in [-0.4, -0.2) is 55.6 Å². The maximum atomic E-state index is 12.2. The van der Waals surface area contributed by atoms with Gasteiger partial charge in [0, 0.05) is 37.9 Å². The maximum Gasteiger partial charge on any atom is 0.255 e. The lowest BCUT2D eigenvalue weighted by atomic mass is 10.1. The molecule has 4 heterocycles. The van der Waals surface area contributed by atoms with Crippen LogP contribution in [-0.2, 0) is 18.4 Å². The van der Waals surface area contributed by atoms with E-state index in [9.17, 15) is 9.59 Å². The molecule has 140 valence electrons. The number of carbonyl (C=O) groups excluding carboxylic acids is 2. The van der Waals surface area contributed by atoms with E-state index < -0.39 is 0 Å². The van der Waals surface area contributed by atoms with Crippen molar-refractivity contribution in [2.45, 2.75) is 25.4 Å². The lowest BCUT2D eigenvalue weighted by Gasteiger charge is -2.32. The second kappa shape index (κ2) is 6.82. The van der Waals surface area contributed by atoms with Crippen molar-refractivity contribution < 1.29 is 9.59 Å². The Hall–Kier alpha value is -3.23. The first-order chi connectivity index (χ1) is 13.0. The van der Waals surface area contributed by atoms with E-state index in [0.29, 0.717) is 36.0 Å². The number of nitrogens with zero attached hydrogens (tertiary/aromatic N) is 5. The predicted molar refractivity (Wildman–Crippen MR) is 98.8 cm³/mol. The van der Waals surface area contributed by atoms with Gasteiger partial charge in [0.25, 0.3) is 5.91 Å². The Balaban J connectivity index is 1.63. The van der Waals surface area contributed by atoms with Crippen molar-refractivity contribution in [3.63, 3.8) is 0 Å². The quantitative estimate of drug-likeness (QED) is 0.771. The summed E-state index contributed by atoms with van der Waals surface area (Å²) < 4.78 is 1.67. The molecule has 1 atom stereocenters. The number of fused-ring (bicyclic) bond motifs is 1. The number of nitrogens with one attached hydrogen (secondary N) is 2. The van der Waals surface area contributed by atoms with Crippen LogP contribution in [0.4, 0.5) is 5.95 Å². The lowest BCUT2D eigenvalue weighted by molar-refractivity contribution is -0.127. The summed E-state index contributed by atoms with van der Waals surface area (Å²) in [7, 11) is 1.82. The zero-order valence-corrected chi connectivity index (χ0v) is 15.1. The fraction of sp³-hybridized carbons (Fsp3) is 0.389. The SMILES string of the molecule is C=CC(=O)N1CCCC(Nc2nc3c(c(-c4cnn(C)c4)n2)C(=O)NC3)C1. The summed E-state index contributed by atoms with van der Waals surface area (Å²) >= 11 is 0. The van der Waals surface area contributed by atoms with Crippen molar-refractivity contribution in [3.05, 3.63) is 36.3 Å². The number of hydrogen-bond acceptors (Lipinski definition) is 6. The van der Waals surface area contributed by atoms with Crippen LogP contribution in [0.3, 0.4) is 0 Å². The molecular weight excluding hydrogens is 346 g/mol. The Morgan fingerprint density at radius 2 is 2.30 bits per heavy atom. The van der Waals surface area contributed by atoms with Gasteiger partial charge in [0.1, 0.15) is 0 Å². The highest BCUT2D eigenvalue weighted by atomic mass is 16.2. The highest BCUT2D eigenvalue weighted by molar-refractivity contribution is 6.03. The molecule has 0 saturated carbocycles. The number of hydrogen-bond donors (Lipinski definition) is 2. The second-order valence-corrected chi connectivity index (χ2v) is 6.77. The molecule has 4 rings (SSSR count). The Labute approximate surface area is 156 Å². The number of piperidine rings is 1. The van der Waals surface area contributed by atoms with E-state index in [2.05, 4.69) is 32.3 Å². The van der Waals surface area contributed by atoms with Gasteiger partial charge in [0.15, 0.2) is 0 Å². The van der Waals surface area contributed by atoms with Crippen molar-refractivity contribution in [3.8, 4) is 11.3 Å². The van der Waals surface area contributed by atoms with Crippen LogP contribution in [0.5, 0.6) is 0 Å². The Morgan fingerprint density at radius 1 is 1.44 bits per heavy atom. The molecule has 2 N–H and O–H groups in total. The molecular formula is C18H21N7O2. The highest BCUT2D eigenvalue weighted by Gasteiger charge is 2.29. The Kier molecular flexibility index (Phi) is 4.35. The summed E-state index contributed by atoms with van der Waals surface area (Å²) in [5, 5.41) is 10.3. The summed E-state index contributed by atoms with van der Waals surface area (Å²) in [4.78, 5) is 35.0. The van der Waals surface area contributed by atoms with Crippen molar-refractivity contribution in [2.75, 3.05) is 18.4 Å². The third kappa shape index (κ3) is 3.27. The van der Waals surface area contributed by atoms with Crippen LogP contribution >= 0.6 is 0 Å². The molecule has 2 aromatic heterocycles. The first-order valence-electron chi connectivity index (χ1n) is 8.91. The first kappa shape index (κ1) is 17.2. The summed E-state index contributed by atoms with van der Waals surface area (Å²) in [5.74, 6) is 0.222. The number of aromatic nitrogens is 4. The van der Waals surface area contributed by atoms with Crippen LogP contribution < -0.4 is 10.6 Å². The monoisotopic (exact) mass is 367 g/mol. The highest BCUT2D eigenvalue weighted by Crippen LogP contribution is 2.28. The largest absolute Gasteiger partial charge is 0.350 e. The van der Waals surface area contributed by atoms with E-state index in [4.69, 9.17) is 0 Å². The minimum Gasteiger partial charge on any atom is -0.350 e. The summed E-state index contributed by atoms with van der Waals surface area (Å²) in [6.45, 7) is 5.24. The summed E-state index contributed by atoms with van der Waals surface area (Å²) in [6, 6.07) is 0.0486. The Bertz CT molecular complexity index is 920. The molecule has 2 aliphatic heterocycles. The average Bonchev–Trinajstić information content (AvgIpc) is 3.27. The maximum absolute atomic E-state index is 12.2. The van der Waals surface area contributed by atoms with E-state index in [1.165, 1.54) is 6.08 Å². The van der Waals surface area contributed by atoms with Crippen molar-refractivity contribution in [2.24, 2.45) is 7.05 Å². The van der Waals surface area contributed by atoms with Gasteiger partial charge in [0.05, 0.1) is 29.7 Å². The molecule has 1 unspecified atom stereocenters. The van der Waals surface area contributed by atoms with Gasteiger partial charge in [0.2, 0.25) is 11.9 Å². The number of carbonyl (C=O) groups is 2. The van der Waals surface area contributed by atoms with Gasteiger partial charge in [-0.1, -0.05) is 6.58 Å². The molecule has 1 saturated heterocycles. The molecule has 0 aromatic carbocycles. The fourth-order valence-electron chi connectivity index (χ4n) is 3.55. The van der Waals surface area contributed by atoms with Crippen LogP contribution in [0.15, 0.2) is 25.0 Å². The number of rotatable bonds is 4. The van der Waals surface area contributed by atoms with Crippen molar-refractivity contribution >= 4 is 17.8 Å². The van der Waals surface area contributed by atoms with Crippen LogP contribution in [0.25, 0.3) is 11.3 Å². The van der Waals surface area contributed by atoms with Gasteiger partial charge in [-0.2, -0.15) is 5.10 Å². The molecule has 0 spiro atoms. The minimum absolute atomic E-state index is 0.0486. The van der Waals surface area contributed by atoms with Gasteiger partial charge in [-0.05, 0) is 18.9 Å². The van der Waals surface area contributed by atoms with Gasteiger partial charge in [-0.15, -0.1) is 0 Å².